The standard InChI is InChI=1S/C23H24N4O2/c1-15(2)26-22(28)20-21(27(23(26)29)19-11-9-16(3)10-12-19)24-14-25(20)13-18-8-6-5-7-17(18)4/h5-12,14-15H,13H2,1-4H3. The lowest BCUT2D eigenvalue weighted by Crippen LogP contribution is -2.41. The van der Waals surface area contributed by atoms with Gasteiger partial charge in [0.1, 0.15) is 0 Å². The molecule has 4 aromatic rings. The van der Waals surface area contributed by atoms with E-state index in [1.165, 1.54) is 9.13 Å². The minimum absolute atomic E-state index is 0.266. The fourth-order valence-corrected chi connectivity index (χ4v) is 3.63. The highest BCUT2D eigenvalue weighted by Gasteiger charge is 2.20. The highest BCUT2D eigenvalue weighted by molar-refractivity contribution is 5.72. The fourth-order valence-electron chi connectivity index (χ4n) is 3.63. The zero-order chi connectivity index (χ0) is 20.7. The monoisotopic (exact) mass is 388 g/mol. The number of aryl methyl sites for hydroxylation is 2. The average Bonchev–Trinajstić information content (AvgIpc) is 3.08. The van der Waals surface area contributed by atoms with Crippen LogP contribution in [-0.2, 0) is 6.54 Å². The molecule has 0 aliphatic heterocycles. The molecule has 0 radical (unpaired) electrons. The van der Waals surface area contributed by atoms with Gasteiger partial charge < -0.3 is 4.57 Å². The molecule has 0 amide bonds. The first-order valence-corrected chi connectivity index (χ1v) is 9.72. The van der Waals surface area contributed by atoms with E-state index < -0.39 is 0 Å². The van der Waals surface area contributed by atoms with Gasteiger partial charge in [-0.3, -0.25) is 9.36 Å². The van der Waals surface area contributed by atoms with Crippen molar-refractivity contribution >= 4 is 11.2 Å². The number of benzene rings is 2. The Kier molecular flexibility index (Phi) is 4.70. The molecule has 29 heavy (non-hydrogen) atoms. The van der Waals surface area contributed by atoms with Crippen LogP contribution in [0.5, 0.6) is 0 Å². The zero-order valence-corrected chi connectivity index (χ0v) is 17.1. The van der Waals surface area contributed by atoms with Crippen LogP contribution >= 0.6 is 0 Å². The van der Waals surface area contributed by atoms with Gasteiger partial charge in [-0.2, -0.15) is 0 Å². The van der Waals surface area contributed by atoms with Crippen molar-refractivity contribution in [3.63, 3.8) is 0 Å². The molecule has 2 aromatic carbocycles. The summed E-state index contributed by atoms with van der Waals surface area (Å²) in [6, 6.07) is 15.4. The van der Waals surface area contributed by atoms with Crippen LogP contribution in [0.3, 0.4) is 0 Å². The number of fused-ring (bicyclic) bond motifs is 1. The lowest BCUT2D eigenvalue weighted by molar-refractivity contribution is 0.539. The Labute approximate surface area is 168 Å². The van der Waals surface area contributed by atoms with Gasteiger partial charge in [-0.25, -0.2) is 14.3 Å². The van der Waals surface area contributed by atoms with Gasteiger partial charge in [-0.15, -0.1) is 0 Å². The number of hydrogen-bond donors (Lipinski definition) is 0. The topological polar surface area (TPSA) is 61.8 Å². The zero-order valence-electron chi connectivity index (χ0n) is 17.1. The summed E-state index contributed by atoms with van der Waals surface area (Å²) in [4.78, 5) is 31.0. The van der Waals surface area contributed by atoms with Gasteiger partial charge in [-0.1, -0.05) is 42.0 Å². The predicted molar refractivity (Wildman–Crippen MR) is 115 cm³/mol. The number of nitrogens with zero attached hydrogens (tertiary/aromatic N) is 4. The number of imidazole rings is 1. The SMILES string of the molecule is Cc1ccc(-n2c(=O)n(C(C)C)c(=O)c3c2ncn3Cc2ccccc2C)cc1. The molecule has 0 bridgehead atoms. The maximum atomic E-state index is 13.3. The third kappa shape index (κ3) is 3.20. The summed E-state index contributed by atoms with van der Waals surface area (Å²) in [7, 11) is 0. The van der Waals surface area contributed by atoms with Crippen molar-refractivity contribution in [3.8, 4) is 5.69 Å². The number of rotatable bonds is 4. The fraction of sp³-hybridized carbons (Fsp3) is 0.261. The van der Waals surface area contributed by atoms with E-state index in [9.17, 15) is 9.59 Å². The lowest BCUT2D eigenvalue weighted by atomic mass is 10.1. The van der Waals surface area contributed by atoms with Crippen LogP contribution in [0.1, 0.15) is 36.6 Å². The van der Waals surface area contributed by atoms with Gasteiger partial charge in [0.05, 0.1) is 12.0 Å². The van der Waals surface area contributed by atoms with Gasteiger partial charge in [0.2, 0.25) is 0 Å². The molecule has 0 aliphatic carbocycles. The second kappa shape index (κ2) is 7.20. The van der Waals surface area contributed by atoms with Crippen molar-refractivity contribution in [2.75, 3.05) is 0 Å². The van der Waals surface area contributed by atoms with E-state index in [-0.39, 0.29) is 17.3 Å². The largest absolute Gasteiger partial charge is 0.337 e. The van der Waals surface area contributed by atoms with E-state index in [1.807, 2.05) is 80.8 Å². The van der Waals surface area contributed by atoms with E-state index in [1.54, 1.807) is 6.33 Å². The van der Waals surface area contributed by atoms with Crippen molar-refractivity contribution < 1.29 is 0 Å². The molecule has 0 N–H and O–H groups in total. The quantitative estimate of drug-likeness (QED) is 0.537. The maximum absolute atomic E-state index is 13.3. The summed E-state index contributed by atoms with van der Waals surface area (Å²) in [5.74, 6) is 0. The van der Waals surface area contributed by atoms with E-state index in [2.05, 4.69) is 4.98 Å². The molecule has 0 saturated heterocycles. The summed E-state index contributed by atoms with van der Waals surface area (Å²) in [5, 5.41) is 0. The summed E-state index contributed by atoms with van der Waals surface area (Å²) < 4.78 is 4.67. The smallest absolute Gasteiger partial charge is 0.320 e. The Morgan fingerprint density at radius 1 is 0.966 bits per heavy atom. The molecule has 0 atom stereocenters. The van der Waals surface area contributed by atoms with E-state index in [0.717, 1.165) is 16.7 Å². The molecule has 2 heterocycles. The van der Waals surface area contributed by atoms with Gasteiger partial charge in [-0.05, 0) is 51.0 Å². The molecule has 4 rings (SSSR count). The van der Waals surface area contributed by atoms with Crippen LogP contribution in [0.15, 0.2) is 64.4 Å². The van der Waals surface area contributed by atoms with Crippen molar-refractivity contribution in [3.05, 3.63) is 92.4 Å². The second-order valence-electron chi connectivity index (χ2n) is 7.69. The van der Waals surface area contributed by atoms with Gasteiger partial charge in [0.25, 0.3) is 5.56 Å². The Hall–Kier alpha value is -3.41. The number of hydrogen-bond acceptors (Lipinski definition) is 3. The minimum atomic E-state index is -0.373. The molecule has 0 aliphatic rings. The minimum Gasteiger partial charge on any atom is -0.320 e. The van der Waals surface area contributed by atoms with Gasteiger partial charge in [0.15, 0.2) is 11.2 Å². The molecule has 148 valence electrons. The van der Waals surface area contributed by atoms with Crippen molar-refractivity contribution in [1.29, 1.82) is 0 Å². The Morgan fingerprint density at radius 2 is 1.66 bits per heavy atom. The highest BCUT2D eigenvalue weighted by Crippen LogP contribution is 2.17. The summed E-state index contributed by atoms with van der Waals surface area (Å²) in [5.41, 5.74) is 4.18. The highest BCUT2D eigenvalue weighted by atomic mass is 16.2. The molecule has 6 heteroatoms. The lowest BCUT2D eigenvalue weighted by Gasteiger charge is -2.15. The van der Waals surface area contributed by atoms with E-state index in [0.29, 0.717) is 23.4 Å². The first-order valence-electron chi connectivity index (χ1n) is 9.72. The summed E-state index contributed by atoms with van der Waals surface area (Å²) >= 11 is 0. The van der Waals surface area contributed by atoms with Crippen LogP contribution in [0.25, 0.3) is 16.9 Å². The van der Waals surface area contributed by atoms with Crippen LogP contribution in [0.2, 0.25) is 0 Å². The third-order valence-corrected chi connectivity index (χ3v) is 5.26. The van der Waals surface area contributed by atoms with E-state index in [4.69, 9.17) is 0 Å². The maximum Gasteiger partial charge on any atom is 0.337 e. The molecular formula is C23H24N4O2. The van der Waals surface area contributed by atoms with E-state index >= 15 is 0 Å². The summed E-state index contributed by atoms with van der Waals surface area (Å²) in [6.07, 6.45) is 1.65. The molecule has 0 fully saturated rings. The molecule has 2 aromatic heterocycles. The second-order valence-corrected chi connectivity index (χ2v) is 7.69. The van der Waals surface area contributed by atoms with Crippen molar-refractivity contribution in [2.45, 2.75) is 40.3 Å². The number of aromatic nitrogens is 4. The van der Waals surface area contributed by atoms with Crippen molar-refractivity contribution in [2.24, 2.45) is 0 Å². The first kappa shape index (κ1) is 18.9. The molecule has 0 spiro atoms. The molecular weight excluding hydrogens is 364 g/mol. The molecule has 0 saturated carbocycles. The first-order chi connectivity index (χ1) is 13.9. The summed E-state index contributed by atoms with van der Waals surface area (Å²) in [6.45, 7) is 8.24. The Morgan fingerprint density at radius 3 is 2.31 bits per heavy atom. The average molecular weight is 388 g/mol. The Bertz CT molecular complexity index is 1310. The normalized spacial score (nSPS) is 11.5. The molecule has 6 nitrogen and oxygen atoms in total. The predicted octanol–water partition coefficient (Wildman–Crippen LogP) is 3.59. The van der Waals surface area contributed by atoms with Gasteiger partial charge >= 0.3 is 5.69 Å². The van der Waals surface area contributed by atoms with Crippen LogP contribution in [0.4, 0.5) is 0 Å². The van der Waals surface area contributed by atoms with Crippen LogP contribution in [0, 0.1) is 13.8 Å². The van der Waals surface area contributed by atoms with Crippen LogP contribution in [-0.4, -0.2) is 18.7 Å². The Balaban J connectivity index is 2.03. The third-order valence-electron chi connectivity index (χ3n) is 5.26. The van der Waals surface area contributed by atoms with Gasteiger partial charge in [0, 0.05) is 12.6 Å². The molecule has 0 unspecified atom stereocenters. The van der Waals surface area contributed by atoms with Crippen molar-refractivity contribution in [1.82, 2.24) is 18.7 Å². The van der Waals surface area contributed by atoms with Crippen LogP contribution < -0.4 is 11.2 Å².